The molecule has 1 heteroatoms. The second-order valence-corrected chi connectivity index (χ2v) is 0.408. The zero-order valence-corrected chi connectivity index (χ0v) is 2.49. The first-order valence-corrected chi connectivity index (χ1v) is 1.05. The van der Waals surface area contributed by atoms with Crippen LogP contribution in [0.5, 0.6) is 0 Å². The van der Waals surface area contributed by atoms with Crippen molar-refractivity contribution in [2.75, 3.05) is 0 Å². The Morgan fingerprint density at radius 2 is 2.00 bits per heavy atom. The highest BCUT2D eigenvalue weighted by Gasteiger charge is 1.35. The van der Waals surface area contributed by atoms with Gasteiger partial charge in [0.1, 0.15) is 0 Å². The van der Waals surface area contributed by atoms with Gasteiger partial charge in [-0.15, -0.1) is 0 Å². The van der Waals surface area contributed by atoms with E-state index in [2.05, 4.69) is 18.9 Å². The third-order valence-corrected chi connectivity index (χ3v) is 0.144. The Labute approximate surface area is 26.3 Å². The first-order valence-electron chi connectivity index (χ1n) is 1.05. The van der Waals surface area contributed by atoms with Crippen molar-refractivity contribution in [3.8, 4) is 0 Å². The van der Waals surface area contributed by atoms with Crippen LogP contribution in [0, 0.1) is 7.05 Å². The van der Waals surface area contributed by atoms with E-state index in [1.807, 2.05) is 0 Å². The number of rotatable bonds is 1. The van der Waals surface area contributed by atoms with Crippen LogP contribution >= 0.6 is 0 Å². The molecule has 1 nitrogen and oxygen atoms in total. The minimum absolute atomic E-state index is 1.51. The average Bonchev–Trinajstić information content (AvgIpc) is 1.37. The average molecular weight is 56.1 g/mol. The quantitative estimate of drug-likeness (QED) is 0.461. The molecule has 0 rings (SSSR count). The molecule has 0 bridgehead atoms. The van der Waals surface area contributed by atoms with Crippen LogP contribution in [-0.4, -0.2) is 0 Å². The number of nitrogens with one attached hydrogen (secondary N) is 1. The van der Waals surface area contributed by atoms with E-state index in [1.54, 1.807) is 0 Å². The van der Waals surface area contributed by atoms with Crippen molar-refractivity contribution in [2.24, 2.45) is 0 Å². The summed E-state index contributed by atoms with van der Waals surface area (Å²) in [6, 6.07) is 0. The smallest absolute Gasteiger partial charge is 0.0314 e. The summed E-state index contributed by atoms with van der Waals surface area (Å²) in [6.45, 7) is 3.31. The van der Waals surface area contributed by atoms with Crippen molar-refractivity contribution in [2.45, 2.75) is 0 Å². The van der Waals surface area contributed by atoms with E-state index in [0.29, 0.717) is 0 Å². The van der Waals surface area contributed by atoms with Gasteiger partial charge in [-0.2, -0.15) is 0 Å². The van der Waals surface area contributed by atoms with Gasteiger partial charge in [0.2, 0.25) is 0 Å². The predicted octanol–water partition coefficient (Wildman–Crippen LogP) is 0.511. The van der Waals surface area contributed by atoms with Gasteiger partial charge < -0.3 is 5.32 Å². The highest BCUT2D eigenvalue weighted by Crippen LogP contribution is 1.36. The highest BCUT2D eigenvalue weighted by molar-refractivity contribution is 4.58. The summed E-state index contributed by atoms with van der Waals surface area (Å²) in [6.07, 6.45) is 1.51. The third-order valence-electron chi connectivity index (χ3n) is 0.144. The topological polar surface area (TPSA) is 12.0 Å². The van der Waals surface area contributed by atoms with Gasteiger partial charge in [0.15, 0.2) is 0 Å². The fourth-order valence-electron chi connectivity index (χ4n) is 0. The van der Waals surface area contributed by atoms with Crippen LogP contribution < -0.4 is 5.32 Å². The summed E-state index contributed by atoms with van der Waals surface area (Å²) in [5, 5.41) is 2.44. The maximum Gasteiger partial charge on any atom is 0.0314 e. The molecule has 0 fully saturated rings. The summed E-state index contributed by atoms with van der Waals surface area (Å²) in [7, 11) is 3.24. The lowest BCUT2D eigenvalue weighted by Gasteiger charge is -1.70. The SMILES string of the molecule is [CH2]NC=C. The molecule has 0 heterocycles. The van der Waals surface area contributed by atoms with Crippen LogP contribution in [0.2, 0.25) is 0 Å². The summed E-state index contributed by atoms with van der Waals surface area (Å²) in [5.74, 6) is 0. The van der Waals surface area contributed by atoms with Crippen molar-refractivity contribution >= 4 is 0 Å². The molecule has 0 atom stereocenters. The molecular formula is C3H6N. The van der Waals surface area contributed by atoms with E-state index in [1.165, 1.54) is 6.20 Å². The van der Waals surface area contributed by atoms with Crippen molar-refractivity contribution in [1.29, 1.82) is 0 Å². The van der Waals surface area contributed by atoms with E-state index < -0.39 is 0 Å². The number of hydrogen-bond donors (Lipinski definition) is 1. The van der Waals surface area contributed by atoms with Gasteiger partial charge in [-0.3, -0.25) is 0 Å². The van der Waals surface area contributed by atoms with E-state index in [9.17, 15) is 0 Å². The molecular weight excluding hydrogens is 50.0 g/mol. The Bertz CT molecular complexity index is 17.2. The maximum atomic E-state index is 3.31. The normalized spacial score (nSPS) is 5.25. The second-order valence-electron chi connectivity index (χ2n) is 0.408. The fraction of sp³-hybridized carbons (Fsp3) is 0. The molecule has 0 aromatic rings. The lowest BCUT2D eigenvalue weighted by Crippen LogP contribution is -1.82. The lowest BCUT2D eigenvalue weighted by molar-refractivity contribution is 1.20. The largest absolute Gasteiger partial charge is 0.390 e. The first-order chi connectivity index (χ1) is 1.91. The Morgan fingerprint density at radius 1 is 1.75 bits per heavy atom. The molecule has 0 amide bonds. The van der Waals surface area contributed by atoms with Crippen LogP contribution in [0.4, 0.5) is 0 Å². The predicted molar refractivity (Wildman–Crippen MR) is 18.7 cm³/mol. The van der Waals surface area contributed by atoms with Gasteiger partial charge in [0, 0.05) is 7.05 Å². The second kappa shape index (κ2) is 2.54. The third kappa shape index (κ3) is 1.54. The molecule has 1 N–H and O–H groups in total. The molecule has 0 aliphatic rings. The molecule has 0 aliphatic heterocycles. The van der Waals surface area contributed by atoms with Crippen molar-refractivity contribution in [1.82, 2.24) is 5.32 Å². The zero-order valence-electron chi connectivity index (χ0n) is 2.49. The van der Waals surface area contributed by atoms with Crippen molar-refractivity contribution in [3.63, 3.8) is 0 Å². The van der Waals surface area contributed by atoms with E-state index in [0.717, 1.165) is 0 Å². The van der Waals surface area contributed by atoms with Crippen molar-refractivity contribution in [3.05, 3.63) is 19.8 Å². The van der Waals surface area contributed by atoms with Gasteiger partial charge >= 0.3 is 0 Å². The summed E-state index contributed by atoms with van der Waals surface area (Å²) < 4.78 is 0. The highest BCUT2D eigenvalue weighted by atomic mass is 14.8. The monoisotopic (exact) mass is 56.1 g/mol. The Morgan fingerprint density at radius 3 is 2.00 bits per heavy atom. The van der Waals surface area contributed by atoms with Crippen molar-refractivity contribution < 1.29 is 0 Å². The van der Waals surface area contributed by atoms with E-state index in [4.69, 9.17) is 0 Å². The molecule has 4 heavy (non-hydrogen) atoms. The molecule has 0 aromatic heterocycles. The summed E-state index contributed by atoms with van der Waals surface area (Å²) >= 11 is 0. The maximum absolute atomic E-state index is 3.31. The molecule has 0 saturated heterocycles. The number of hydrogen-bond acceptors (Lipinski definition) is 1. The molecule has 23 valence electrons. The minimum Gasteiger partial charge on any atom is -0.390 e. The van der Waals surface area contributed by atoms with E-state index >= 15 is 0 Å². The van der Waals surface area contributed by atoms with Gasteiger partial charge in [-0.25, -0.2) is 0 Å². The Hall–Kier alpha value is -0.460. The zero-order chi connectivity index (χ0) is 3.41. The molecule has 0 saturated carbocycles. The molecule has 0 aliphatic carbocycles. The van der Waals surface area contributed by atoms with Gasteiger partial charge in [0.05, 0.1) is 0 Å². The summed E-state index contributed by atoms with van der Waals surface area (Å²) in [4.78, 5) is 0. The molecule has 0 spiro atoms. The standard InChI is InChI=1S/C3H6N/c1-3-4-2/h3-4H,1-2H2. The van der Waals surface area contributed by atoms with Crippen LogP contribution in [0.25, 0.3) is 0 Å². The molecule has 1 radical (unpaired) electrons. The van der Waals surface area contributed by atoms with Gasteiger partial charge in [-0.05, 0) is 6.20 Å². The van der Waals surface area contributed by atoms with Gasteiger partial charge in [-0.1, -0.05) is 6.58 Å². The fourth-order valence-corrected chi connectivity index (χ4v) is 0. The van der Waals surface area contributed by atoms with Crippen LogP contribution in [0.3, 0.4) is 0 Å². The van der Waals surface area contributed by atoms with E-state index in [-0.39, 0.29) is 0 Å². The summed E-state index contributed by atoms with van der Waals surface area (Å²) in [5.41, 5.74) is 0. The Kier molecular flexibility index (Phi) is 2.25. The first kappa shape index (κ1) is 3.54. The molecule has 0 aromatic carbocycles. The molecule has 0 unspecified atom stereocenters. The van der Waals surface area contributed by atoms with Crippen LogP contribution in [0.15, 0.2) is 12.8 Å². The Balaban J connectivity index is 2.30. The van der Waals surface area contributed by atoms with Crippen LogP contribution in [-0.2, 0) is 0 Å². The van der Waals surface area contributed by atoms with Gasteiger partial charge in [0.25, 0.3) is 0 Å². The minimum atomic E-state index is 1.51. The lowest BCUT2D eigenvalue weighted by atomic mass is 11.0. The van der Waals surface area contributed by atoms with Crippen LogP contribution in [0.1, 0.15) is 0 Å².